The van der Waals surface area contributed by atoms with Crippen LogP contribution < -0.4 is 5.32 Å². The molecule has 3 aliphatic heterocycles. The second kappa shape index (κ2) is 10.1. The molecule has 3 heterocycles. The minimum atomic E-state index is 0. The summed E-state index contributed by atoms with van der Waals surface area (Å²) in [6.07, 6.45) is 2.77. The molecule has 5 unspecified atom stereocenters. The van der Waals surface area contributed by atoms with E-state index in [9.17, 15) is 4.79 Å². The number of ether oxygens (including phenoxy) is 1. The number of nitrogens with zero attached hydrogens (tertiary/aromatic N) is 4. The van der Waals surface area contributed by atoms with E-state index in [0.29, 0.717) is 42.4 Å². The Labute approximate surface area is 205 Å². The highest BCUT2D eigenvalue weighted by atomic mass is 127. The fraction of sp³-hybridized carbons (Fsp3) is 0.913. The fourth-order valence-corrected chi connectivity index (χ4v) is 6.33. The molecule has 1 aliphatic carbocycles. The van der Waals surface area contributed by atoms with E-state index in [2.05, 4.69) is 52.7 Å². The number of aliphatic imine (C=N–C) groups is 1. The van der Waals surface area contributed by atoms with Crippen LogP contribution in [-0.2, 0) is 9.53 Å². The summed E-state index contributed by atoms with van der Waals surface area (Å²) in [4.78, 5) is 24.2. The molecule has 3 saturated heterocycles. The first-order chi connectivity index (χ1) is 14.3. The average molecular weight is 548 g/mol. The molecule has 8 heteroatoms. The Morgan fingerprint density at radius 3 is 2.35 bits per heavy atom. The van der Waals surface area contributed by atoms with E-state index in [1.165, 1.54) is 6.42 Å². The number of guanidine groups is 1. The Kier molecular flexibility index (Phi) is 8.17. The van der Waals surface area contributed by atoms with Crippen LogP contribution in [-0.4, -0.2) is 98.2 Å². The second-order valence-corrected chi connectivity index (χ2v) is 10.7. The summed E-state index contributed by atoms with van der Waals surface area (Å²) in [6.45, 7) is 16.1. The first kappa shape index (κ1) is 25.0. The van der Waals surface area contributed by atoms with Crippen molar-refractivity contribution in [3.8, 4) is 0 Å². The highest BCUT2D eigenvalue weighted by Gasteiger charge is 2.59. The number of likely N-dealkylation sites (tertiary alicyclic amines) is 1. The van der Waals surface area contributed by atoms with E-state index < -0.39 is 0 Å². The molecule has 0 aromatic rings. The van der Waals surface area contributed by atoms with Crippen LogP contribution in [0.1, 0.15) is 40.5 Å². The number of halogens is 1. The topological polar surface area (TPSA) is 60.4 Å². The van der Waals surface area contributed by atoms with Gasteiger partial charge in [0.05, 0.1) is 12.6 Å². The quantitative estimate of drug-likeness (QED) is 0.334. The molecule has 0 bridgehead atoms. The third-order valence-corrected chi connectivity index (χ3v) is 7.85. The summed E-state index contributed by atoms with van der Waals surface area (Å²) < 4.78 is 5.94. The van der Waals surface area contributed by atoms with Gasteiger partial charge in [0.1, 0.15) is 0 Å². The number of piperidine rings is 1. The summed E-state index contributed by atoms with van der Waals surface area (Å²) in [5.41, 5.74) is 0.147. The number of fused-ring (bicyclic) bond motifs is 1. The molecule has 4 aliphatic rings. The second-order valence-electron chi connectivity index (χ2n) is 10.7. The zero-order valence-electron chi connectivity index (χ0n) is 20.0. The number of amides is 1. The van der Waals surface area contributed by atoms with Gasteiger partial charge in [0, 0.05) is 70.3 Å². The lowest BCUT2D eigenvalue weighted by molar-refractivity contribution is -0.135. The van der Waals surface area contributed by atoms with Crippen LogP contribution in [0.25, 0.3) is 0 Å². The highest BCUT2D eigenvalue weighted by Crippen LogP contribution is 2.52. The zero-order chi connectivity index (χ0) is 21.5. The lowest BCUT2D eigenvalue weighted by Crippen LogP contribution is -2.68. The van der Waals surface area contributed by atoms with Crippen LogP contribution in [0.4, 0.5) is 0 Å². The monoisotopic (exact) mass is 547 g/mol. The molecule has 0 spiro atoms. The lowest BCUT2D eigenvalue weighted by Gasteiger charge is -2.55. The van der Waals surface area contributed by atoms with E-state index in [0.717, 1.165) is 58.3 Å². The third-order valence-electron chi connectivity index (χ3n) is 7.85. The molecular weight excluding hydrogens is 505 g/mol. The number of hydrogen-bond donors (Lipinski definition) is 1. The maximum absolute atomic E-state index is 12.8. The molecule has 31 heavy (non-hydrogen) atoms. The Bertz CT molecular complexity index is 654. The number of piperazine rings is 1. The normalized spacial score (nSPS) is 35.8. The van der Waals surface area contributed by atoms with Crippen molar-refractivity contribution in [3.63, 3.8) is 0 Å². The van der Waals surface area contributed by atoms with Gasteiger partial charge in [0.25, 0.3) is 0 Å². The summed E-state index contributed by atoms with van der Waals surface area (Å²) in [5.74, 6) is 3.13. The van der Waals surface area contributed by atoms with E-state index in [1.807, 2.05) is 7.05 Å². The molecule has 5 atom stereocenters. The average Bonchev–Trinajstić information content (AvgIpc) is 3.16. The van der Waals surface area contributed by atoms with Gasteiger partial charge < -0.3 is 19.9 Å². The molecule has 4 rings (SSSR count). The number of carbonyl (C=O) groups is 1. The molecule has 1 amide bonds. The van der Waals surface area contributed by atoms with Gasteiger partial charge in [0.2, 0.25) is 5.91 Å². The molecule has 0 aromatic heterocycles. The van der Waals surface area contributed by atoms with Gasteiger partial charge in [0.15, 0.2) is 5.96 Å². The minimum absolute atomic E-state index is 0. The van der Waals surface area contributed by atoms with Crippen LogP contribution in [0, 0.1) is 23.2 Å². The van der Waals surface area contributed by atoms with Crippen molar-refractivity contribution in [2.75, 3.05) is 59.5 Å². The Morgan fingerprint density at radius 2 is 1.74 bits per heavy atom. The SMILES string of the molecule is CN=C(NC1C2CCOC2C1(C)C)N1CCN(CC(=O)N2CC(C)CC(C)C2)CC1.I. The van der Waals surface area contributed by atoms with Crippen molar-refractivity contribution >= 4 is 35.8 Å². The Balaban J connectivity index is 0.00000272. The lowest BCUT2D eigenvalue weighted by atomic mass is 9.57. The summed E-state index contributed by atoms with van der Waals surface area (Å²) in [5, 5.41) is 3.75. The molecule has 178 valence electrons. The van der Waals surface area contributed by atoms with Crippen molar-refractivity contribution in [1.82, 2.24) is 20.0 Å². The summed E-state index contributed by atoms with van der Waals surface area (Å²) >= 11 is 0. The number of carbonyl (C=O) groups excluding carboxylic acids is 1. The molecular formula is C23H42IN5O2. The summed E-state index contributed by atoms with van der Waals surface area (Å²) in [6, 6.07) is 0.423. The maximum atomic E-state index is 12.8. The fourth-order valence-electron chi connectivity index (χ4n) is 6.33. The van der Waals surface area contributed by atoms with Crippen molar-refractivity contribution in [3.05, 3.63) is 0 Å². The summed E-state index contributed by atoms with van der Waals surface area (Å²) in [7, 11) is 1.88. The van der Waals surface area contributed by atoms with Crippen molar-refractivity contribution < 1.29 is 9.53 Å². The predicted molar refractivity (Wildman–Crippen MR) is 135 cm³/mol. The van der Waals surface area contributed by atoms with E-state index in [4.69, 9.17) is 4.74 Å². The first-order valence-electron chi connectivity index (χ1n) is 11.9. The van der Waals surface area contributed by atoms with Crippen LogP contribution >= 0.6 is 24.0 Å². The number of hydrogen-bond acceptors (Lipinski definition) is 4. The predicted octanol–water partition coefficient (Wildman–Crippen LogP) is 2.12. The molecule has 0 aromatic carbocycles. The van der Waals surface area contributed by atoms with Crippen LogP contribution in [0.3, 0.4) is 0 Å². The van der Waals surface area contributed by atoms with Crippen LogP contribution in [0.15, 0.2) is 4.99 Å². The molecule has 0 radical (unpaired) electrons. The Morgan fingerprint density at radius 1 is 1.10 bits per heavy atom. The molecule has 4 fully saturated rings. The van der Waals surface area contributed by atoms with E-state index >= 15 is 0 Å². The number of rotatable bonds is 3. The van der Waals surface area contributed by atoms with Gasteiger partial charge >= 0.3 is 0 Å². The first-order valence-corrected chi connectivity index (χ1v) is 11.9. The van der Waals surface area contributed by atoms with E-state index in [1.54, 1.807) is 0 Å². The van der Waals surface area contributed by atoms with Crippen LogP contribution in [0.5, 0.6) is 0 Å². The Hall–Kier alpha value is -0.610. The largest absolute Gasteiger partial charge is 0.377 e. The maximum Gasteiger partial charge on any atom is 0.236 e. The van der Waals surface area contributed by atoms with Crippen molar-refractivity contribution in [2.45, 2.75) is 52.7 Å². The molecule has 1 saturated carbocycles. The van der Waals surface area contributed by atoms with Crippen molar-refractivity contribution in [2.24, 2.45) is 28.2 Å². The molecule has 1 N–H and O–H groups in total. The van der Waals surface area contributed by atoms with Gasteiger partial charge in [-0.1, -0.05) is 27.7 Å². The van der Waals surface area contributed by atoms with Gasteiger partial charge in [-0.2, -0.15) is 0 Å². The van der Waals surface area contributed by atoms with E-state index in [-0.39, 0.29) is 29.4 Å². The molecule has 7 nitrogen and oxygen atoms in total. The standard InChI is InChI=1S/C23H41N5O2.HI/c1-16-12-17(2)14-28(13-16)19(29)15-26-7-9-27(10-8-26)22(24-5)25-20-18-6-11-30-21(18)23(20,3)4;/h16-18,20-21H,6-15H2,1-5H3,(H,24,25);1H. The highest BCUT2D eigenvalue weighted by molar-refractivity contribution is 14.0. The zero-order valence-corrected chi connectivity index (χ0v) is 22.3. The minimum Gasteiger partial charge on any atom is -0.377 e. The van der Waals surface area contributed by atoms with Gasteiger partial charge in [-0.05, 0) is 24.7 Å². The third kappa shape index (κ3) is 5.16. The smallest absolute Gasteiger partial charge is 0.236 e. The van der Waals surface area contributed by atoms with Gasteiger partial charge in [-0.3, -0.25) is 14.7 Å². The van der Waals surface area contributed by atoms with Crippen LogP contribution in [0.2, 0.25) is 0 Å². The number of nitrogens with one attached hydrogen (secondary N) is 1. The van der Waals surface area contributed by atoms with Gasteiger partial charge in [-0.25, -0.2) is 0 Å². The van der Waals surface area contributed by atoms with Crippen molar-refractivity contribution in [1.29, 1.82) is 0 Å². The van der Waals surface area contributed by atoms with Gasteiger partial charge in [-0.15, -0.1) is 24.0 Å².